The van der Waals surface area contributed by atoms with Crippen LogP contribution in [0.25, 0.3) is 0 Å². The summed E-state index contributed by atoms with van der Waals surface area (Å²) in [5.41, 5.74) is 7.47. The molecule has 0 aromatic heterocycles. The van der Waals surface area contributed by atoms with E-state index in [2.05, 4.69) is 0 Å². The zero-order valence-corrected chi connectivity index (χ0v) is 10.4. The molecule has 0 amide bonds. The molecule has 0 fully saturated rings. The maximum absolute atomic E-state index is 13.6. The van der Waals surface area contributed by atoms with Crippen LogP contribution in [0.1, 0.15) is 11.1 Å². The van der Waals surface area contributed by atoms with E-state index in [0.717, 1.165) is 4.90 Å². The number of benzene rings is 2. The fourth-order valence-electron chi connectivity index (χ4n) is 1.52. The quantitative estimate of drug-likeness (QED) is 0.676. The average Bonchev–Trinajstić information content (AvgIpc) is 2.39. The van der Waals surface area contributed by atoms with Gasteiger partial charge in [0.15, 0.2) is 0 Å². The van der Waals surface area contributed by atoms with Crippen molar-refractivity contribution in [1.29, 1.82) is 5.26 Å². The minimum absolute atomic E-state index is 0.295. The molecule has 0 aliphatic carbocycles. The van der Waals surface area contributed by atoms with Gasteiger partial charge >= 0.3 is 0 Å². The fraction of sp³-hybridized carbons (Fsp3) is 0.0714. The highest BCUT2D eigenvalue weighted by atomic mass is 32.2. The Morgan fingerprint density at radius 1 is 1.22 bits per heavy atom. The second kappa shape index (κ2) is 5.56. The van der Waals surface area contributed by atoms with Crippen molar-refractivity contribution in [3.8, 4) is 6.07 Å². The first-order chi connectivity index (χ1) is 8.70. The number of nitrogen functional groups attached to an aromatic ring is 1. The molecule has 90 valence electrons. The molecule has 0 unspecified atom stereocenters. The van der Waals surface area contributed by atoms with Gasteiger partial charge in [-0.25, -0.2) is 4.39 Å². The van der Waals surface area contributed by atoms with Crippen molar-refractivity contribution in [3.63, 3.8) is 0 Å². The molecule has 0 spiro atoms. The van der Waals surface area contributed by atoms with E-state index in [1.165, 1.54) is 23.9 Å². The van der Waals surface area contributed by atoms with E-state index in [9.17, 15) is 4.39 Å². The van der Waals surface area contributed by atoms with Gasteiger partial charge in [-0.15, -0.1) is 11.8 Å². The zero-order chi connectivity index (χ0) is 13.0. The Morgan fingerprint density at radius 2 is 2.00 bits per heavy atom. The molecule has 2 rings (SSSR count). The summed E-state index contributed by atoms with van der Waals surface area (Å²) in [6.07, 6.45) is 0. The second-order valence-corrected chi connectivity index (χ2v) is 4.76. The van der Waals surface area contributed by atoms with Crippen molar-refractivity contribution < 1.29 is 4.39 Å². The van der Waals surface area contributed by atoms with E-state index in [-0.39, 0.29) is 5.82 Å². The Labute approximate surface area is 109 Å². The Morgan fingerprint density at radius 3 is 2.72 bits per heavy atom. The molecule has 0 bridgehead atoms. The number of anilines is 1. The van der Waals surface area contributed by atoms with Crippen LogP contribution in [-0.2, 0) is 5.75 Å². The normalized spacial score (nSPS) is 10.0. The predicted molar refractivity (Wildman–Crippen MR) is 71.5 cm³/mol. The summed E-state index contributed by atoms with van der Waals surface area (Å²) in [5.74, 6) is 0.159. The summed E-state index contributed by atoms with van der Waals surface area (Å²) in [6, 6.07) is 13.8. The van der Waals surface area contributed by atoms with Crippen LogP contribution in [0.5, 0.6) is 0 Å². The van der Waals surface area contributed by atoms with E-state index in [1.807, 2.05) is 30.3 Å². The van der Waals surface area contributed by atoms with Gasteiger partial charge in [0.25, 0.3) is 0 Å². The number of thioether (sulfide) groups is 1. The molecule has 0 saturated carbocycles. The fourth-order valence-corrected chi connectivity index (χ4v) is 2.46. The van der Waals surface area contributed by atoms with Crippen LogP contribution < -0.4 is 5.73 Å². The largest absolute Gasteiger partial charge is 0.398 e. The molecule has 4 heteroatoms. The summed E-state index contributed by atoms with van der Waals surface area (Å²) in [6.45, 7) is 0. The lowest BCUT2D eigenvalue weighted by Gasteiger charge is -2.06. The molecular weight excluding hydrogens is 247 g/mol. The lowest BCUT2D eigenvalue weighted by molar-refractivity contribution is 0.617. The molecule has 18 heavy (non-hydrogen) atoms. The number of halogens is 1. The molecule has 2 N–H and O–H groups in total. The smallest absolute Gasteiger partial charge is 0.127 e. The summed E-state index contributed by atoms with van der Waals surface area (Å²) >= 11 is 1.46. The van der Waals surface area contributed by atoms with Gasteiger partial charge in [-0.3, -0.25) is 0 Å². The first-order valence-electron chi connectivity index (χ1n) is 5.36. The predicted octanol–water partition coefficient (Wildman–Crippen LogP) is 3.57. The van der Waals surface area contributed by atoms with Crippen molar-refractivity contribution in [2.75, 3.05) is 5.73 Å². The lowest BCUT2D eigenvalue weighted by atomic mass is 10.1. The van der Waals surface area contributed by atoms with Crippen LogP contribution in [0.3, 0.4) is 0 Å². The minimum Gasteiger partial charge on any atom is -0.398 e. The minimum atomic E-state index is -0.295. The number of para-hydroxylation sites is 1. The number of rotatable bonds is 3. The van der Waals surface area contributed by atoms with Crippen molar-refractivity contribution in [2.24, 2.45) is 0 Å². The van der Waals surface area contributed by atoms with Gasteiger partial charge in [0.2, 0.25) is 0 Å². The van der Waals surface area contributed by atoms with Gasteiger partial charge in [-0.05, 0) is 35.9 Å². The second-order valence-electron chi connectivity index (χ2n) is 3.74. The first kappa shape index (κ1) is 12.5. The SMILES string of the molecule is N#Cc1ccc(F)c(CSc2ccccc2N)c1. The molecule has 2 nitrogen and oxygen atoms in total. The van der Waals surface area contributed by atoms with Crippen molar-refractivity contribution in [1.82, 2.24) is 0 Å². The molecule has 0 heterocycles. The van der Waals surface area contributed by atoms with Crippen LogP contribution in [-0.4, -0.2) is 0 Å². The van der Waals surface area contributed by atoms with Gasteiger partial charge in [0.05, 0.1) is 11.6 Å². The summed E-state index contributed by atoms with van der Waals surface area (Å²) in [7, 11) is 0. The lowest BCUT2D eigenvalue weighted by Crippen LogP contribution is -1.91. The third kappa shape index (κ3) is 2.82. The third-order valence-electron chi connectivity index (χ3n) is 2.48. The van der Waals surface area contributed by atoms with Crippen LogP contribution in [0.15, 0.2) is 47.4 Å². The van der Waals surface area contributed by atoms with Crippen molar-refractivity contribution >= 4 is 17.4 Å². The number of nitriles is 1. The molecule has 2 aromatic rings. The highest BCUT2D eigenvalue weighted by Gasteiger charge is 2.06. The average molecular weight is 258 g/mol. The maximum Gasteiger partial charge on any atom is 0.127 e. The van der Waals surface area contributed by atoms with Crippen LogP contribution in [0, 0.1) is 17.1 Å². The molecule has 0 atom stereocenters. The number of nitrogens with zero attached hydrogens (tertiary/aromatic N) is 1. The molecule has 0 aliphatic rings. The van der Waals surface area contributed by atoms with Gasteiger partial charge in [0, 0.05) is 16.3 Å². The number of hydrogen-bond acceptors (Lipinski definition) is 3. The Kier molecular flexibility index (Phi) is 3.85. The third-order valence-corrected chi connectivity index (χ3v) is 3.62. The van der Waals surface area contributed by atoms with Gasteiger partial charge in [-0.1, -0.05) is 12.1 Å². The van der Waals surface area contributed by atoms with E-state index in [1.54, 1.807) is 6.07 Å². The Bertz CT molecular complexity index is 605. The molecule has 2 aromatic carbocycles. The topological polar surface area (TPSA) is 49.8 Å². The number of hydrogen-bond donors (Lipinski definition) is 1. The first-order valence-corrected chi connectivity index (χ1v) is 6.35. The monoisotopic (exact) mass is 258 g/mol. The van der Waals surface area contributed by atoms with E-state index < -0.39 is 0 Å². The molecular formula is C14H11FN2S. The highest BCUT2D eigenvalue weighted by Crippen LogP contribution is 2.28. The zero-order valence-electron chi connectivity index (χ0n) is 9.56. The maximum atomic E-state index is 13.6. The van der Waals surface area contributed by atoms with Crippen molar-refractivity contribution in [2.45, 2.75) is 10.6 Å². The molecule has 0 saturated heterocycles. The summed E-state index contributed by atoms with van der Waals surface area (Å²) in [5, 5.41) is 8.78. The van der Waals surface area contributed by atoms with E-state index >= 15 is 0 Å². The Hall–Kier alpha value is -1.99. The molecule has 0 radical (unpaired) electrons. The summed E-state index contributed by atoms with van der Waals surface area (Å²) < 4.78 is 13.6. The van der Waals surface area contributed by atoms with Crippen molar-refractivity contribution in [3.05, 3.63) is 59.4 Å². The van der Waals surface area contributed by atoms with Crippen LogP contribution >= 0.6 is 11.8 Å². The number of nitrogens with two attached hydrogens (primary N) is 1. The van der Waals surface area contributed by atoms with E-state index in [4.69, 9.17) is 11.0 Å². The van der Waals surface area contributed by atoms with Gasteiger partial charge in [-0.2, -0.15) is 5.26 Å². The van der Waals surface area contributed by atoms with Gasteiger partial charge < -0.3 is 5.73 Å². The van der Waals surface area contributed by atoms with Gasteiger partial charge in [0.1, 0.15) is 5.82 Å². The standard InChI is InChI=1S/C14H11FN2S/c15-12-6-5-10(8-16)7-11(12)9-18-14-4-2-1-3-13(14)17/h1-7H,9,17H2. The highest BCUT2D eigenvalue weighted by molar-refractivity contribution is 7.98. The Balaban J connectivity index is 2.16. The van der Waals surface area contributed by atoms with Crippen LogP contribution in [0.4, 0.5) is 10.1 Å². The summed E-state index contributed by atoms with van der Waals surface area (Å²) in [4.78, 5) is 0.916. The van der Waals surface area contributed by atoms with Crippen LogP contribution in [0.2, 0.25) is 0 Å². The molecule has 0 aliphatic heterocycles. The van der Waals surface area contributed by atoms with E-state index in [0.29, 0.717) is 22.6 Å².